The van der Waals surface area contributed by atoms with Gasteiger partial charge >= 0.3 is 0 Å². The minimum absolute atomic E-state index is 0.0872. The first-order valence-electron chi connectivity index (χ1n) is 6.74. The molecule has 17 heavy (non-hydrogen) atoms. The van der Waals surface area contributed by atoms with Crippen molar-refractivity contribution >= 4 is 0 Å². The zero-order chi connectivity index (χ0) is 13.1. The van der Waals surface area contributed by atoms with E-state index in [-0.39, 0.29) is 24.2 Å². The molecule has 1 fully saturated rings. The molecular formula is C13H29N3O. The van der Waals surface area contributed by atoms with E-state index in [0.717, 1.165) is 32.5 Å². The number of nitrogens with zero attached hydrogens (tertiary/aromatic N) is 2. The summed E-state index contributed by atoms with van der Waals surface area (Å²) in [5, 5.41) is 9.58. The van der Waals surface area contributed by atoms with Gasteiger partial charge in [-0.2, -0.15) is 0 Å². The molecule has 2 atom stereocenters. The molecule has 0 aromatic heterocycles. The van der Waals surface area contributed by atoms with E-state index in [9.17, 15) is 5.11 Å². The topological polar surface area (TPSA) is 52.7 Å². The lowest BCUT2D eigenvalue weighted by Crippen LogP contribution is -2.63. The van der Waals surface area contributed by atoms with Gasteiger partial charge in [0.1, 0.15) is 0 Å². The van der Waals surface area contributed by atoms with Gasteiger partial charge in [0.05, 0.1) is 6.61 Å². The largest absolute Gasteiger partial charge is 0.395 e. The van der Waals surface area contributed by atoms with Gasteiger partial charge in [0.15, 0.2) is 0 Å². The molecule has 1 heterocycles. The number of aliphatic hydroxyl groups excluding tert-OH is 1. The predicted octanol–water partition coefficient (Wildman–Crippen LogP) is 0.501. The first-order valence-corrected chi connectivity index (χ1v) is 6.74. The molecule has 3 N–H and O–H groups in total. The summed E-state index contributed by atoms with van der Waals surface area (Å²) in [4.78, 5) is 4.74. The van der Waals surface area contributed by atoms with Crippen LogP contribution in [0, 0.1) is 0 Å². The van der Waals surface area contributed by atoms with Crippen LogP contribution in [0.4, 0.5) is 0 Å². The highest BCUT2D eigenvalue weighted by Crippen LogP contribution is 2.21. The van der Waals surface area contributed by atoms with Crippen LogP contribution in [-0.4, -0.2) is 65.8 Å². The summed E-state index contributed by atoms with van der Waals surface area (Å²) < 4.78 is 0. The van der Waals surface area contributed by atoms with Crippen LogP contribution in [0.2, 0.25) is 0 Å². The van der Waals surface area contributed by atoms with Crippen LogP contribution in [0.15, 0.2) is 0 Å². The number of piperazine rings is 1. The van der Waals surface area contributed by atoms with Gasteiger partial charge in [-0.05, 0) is 27.3 Å². The van der Waals surface area contributed by atoms with Gasteiger partial charge in [-0.15, -0.1) is 0 Å². The van der Waals surface area contributed by atoms with Crippen LogP contribution >= 0.6 is 0 Å². The fourth-order valence-electron chi connectivity index (χ4n) is 2.61. The average Bonchev–Trinajstić information content (AvgIpc) is 2.24. The zero-order valence-corrected chi connectivity index (χ0v) is 11.8. The molecule has 0 aromatic carbocycles. The molecule has 0 bridgehead atoms. The van der Waals surface area contributed by atoms with Crippen molar-refractivity contribution in [3.05, 3.63) is 0 Å². The van der Waals surface area contributed by atoms with E-state index in [0.29, 0.717) is 0 Å². The number of aliphatic hydroxyl groups is 1. The van der Waals surface area contributed by atoms with E-state index >= 15 is 0 Å². The Morgan fingerprint density at radius 2 is 2.00 bits per heavy atom. The fraction of sp³-hybridized carbons (Fsp3) is 1.00. The summed E-state index contributed by atoms with van der Waals surface area (Å²) in [5.41, 5.74) is 6.34. The molecule has 4 nitrogen and oxygen atoms in total. The summed E-state index contributed by atoms with van der Waals surface area (Å²) in [6.45, 7) is 9.83. The van der Waals surface area contributed by atoms with E-state index < -0.39 is 0 Å². The molecule has 4 heteroatoms. The van der Waals surface area contributed by atoms with Crippen LogP contribution in [0.1, 0.15) is 33.6 Å². The van der Waals surface area contributed by atoms with Gasteiger partial charge in [0.2, 0.25) is 0 Å². The van der Waals surface area contributed by atoms with Crippen molar-refractivity contribution in [2.24, 2.45) is 5.73 Å². The quantitative estimate of drug-likeness (QED) is 0.738. The lowest BCUT2D eigenvalue weighted by atomic mass is 9.95. The average molecular weight is 243 g/mol. The Bertz CT molecular complexity index is 233. The molecular weight excluding hydrogens is 214 g/mol. The van der Waals surface area contributed by atoms with Crippen LogP contribution in [0.25, 0.3) is 0 Å². The minimum atomic E-state index is 0.0872. The van der Waals surface area contributed by atoms with E-state index in [1.54, 1.807) is 0 Å². The second-order valence-electron chi connectivity index (χ2n) is 5.91. The summed E-state index contributed by atoms with van der Waals surface area (Å²) in [7, 11) is 2.16. The highest BCUT2D eigenvalue weighted by atomic mass is 16.3. The van der Waals surface area contributed by atoms with E-state index in [1.165, 1.54) is 0 Å². The van der Waals surface area contributed by atoms with Crippen molar-refractivity contribution < 1.29 is 5.11 Å². The molecule has 0 radical (unpaired) electrons. The SMILES string of the molecule is CCCC(N)C(CO)N1CCN(C)C(C)(C)C1. The van der Waals surface area contributed by atoms with E-state index in [2.05, 4.69) is 37.6 Å². The summed E-state index contributed by atoms with van der Waals surface area (Å²) in [6.07, 6.45) is 2.06. The molecule has 1 aliphatic heterocycles. The van der Waals surface area contributed by atoms with Crippen molar-refractivity contribution in [3.8, 4) is 0 Å². The van der Waals surface area contributed by atoms with E-state index in [1.807, 2.05) is 0 Å². The number of likely N-dealkylation sites (N-methyl/N-ethyl adjacent to an activating group) is 1. The van der Waals surface area contributed by atoms with Gasteiger partial charge in [0, 0.05) is 37.3 Å². The third-order valence-electron chi connectivity index (χ3n) is 4.12. The number of hydrogen-bond donors (Lipinski definition) is 2. The Balaban J connectivity index is 2.64. The van der Waals surface area contributed by atoms with Crippen molar-refractivity contribution in [2.75, 3.05) is 33.3 Å². The maximum absolute atomic E-state index is 9.58. The maximum Gasteiger partial charge on any atom is 0.0601 e. The normalized spacial score (nSPS) is 25.8. The van der Waals surface area contributed by atoms with Crippen molar-refractivity contribution in [3.63, 3.8) is 0 Å². The smallest absolute Gasteiger partial charge is 0.0601 e. The molecule has 1 aliphatic rings. The van der Waals surface area contributed by atoms with Gasteiger partial charge in [-0.25, -0.2) is 0 Å². The molecule has 0 aromatic rings. The van der Waals surface area contributed by atoms with E-state index in [4.69, 9.17) is 5.73 Å². The Kier molecular flexibility index (Phi) is 5.38. The summed E-state index contributed by atoms with van der Waals surface area (Å²) in [5.74, 6) is 0. The molecule has 2 unspecified atom stereocenters. The van der Waals surface area contributed by atoms with Crippen LogP contribution in [-0.2, 0) is 0 Å². The standard InChI is InChI=1S/C13H29N3O/c1-5-6-11(14)12(9-17)16-8-7-15(4)13(2,3)10-16/h11-12,17H,5-10,14H2,1-4H3. The Morgan fingerprint density at radius 3 is 2.47 bits per heavy atom. The fourth-order valence-corrected chi connectivity index (χ4v) is 2.61. The molecule has 1 saturated heterocycles. The first kappa shape index (κ1) is 14.9. The molecule has 0 aliphatic carbocycles. The second-order valence-corrected chi connectivity index (χ2v) is 5.91. The highest BCUT2D eigenvalue weighted by molar-refractivity contribution is 4.93. The van der Waals surface area contributed by atoms with Gasteiger partial charge in [-0.1, -0.05) is 13.3 Å². The van der Waals surface area contributed by atoms with Gasteiger partial charge in [-0.3, -0.25) is 9.80 Å². The predicted molar refractivity (Wildman–Crippen MR) is 72.0 cm³/mol. The molecule has 0 amide bonds. The number of nitrogens with two attached hydrogens (primary N) is 1. The Labute approximate surface area is 106 Å². The van der Waals surface area contributed by atoms with Crippen LogP contribution < -0.4 is 5.73 Å². The monoisotopic (exact) mass is 243 g/mol. The number of rotatable bonds is 5. The minimum Gasteiger partial charge on any atom is -0.395 e. The van der Waals surface area contributed by atoms with Crippen LogP contribution in [0.5, 0.6) is 0 Å². The molecule has 0 saturated carbocycles. The van der Waals surface area contributed by atoms with Crippen LogP contribution in [0.3, 0.4) is 0 Å². The molecule has 1 rings (SSSR count). The zero-order valence-electron chi connectivity index (χ0n) is 11.8. The third-order valence-corrected chi connectivity index (χ3v) is 4.12. The molecule has 102 valence electrons. The summed E-state index contributed by atoms with van der Waals surface area (Å²) in [6, 6.07) is 0.201. The van der Waals surface area contributed by atoms with Gasteiger partial charge < -0.3 is 10.8 Å². The maximum atomic E-state index is 9.58. The van der Waals surface area contributed by atoms with Crippen molar-refractivity contribution in [1.29, 1.82) is 0 Å². The lowest BCUT2D eigenvalue weighted by Gasteiger charge is -2.48. The highest BCUT2D eigenvalue weighted by Gasteiger charge is 2.35. The lowest BCUT2D eigenvalue weighted by molar-refractivity contribution is -0.00548. The summed E-state index contributed by atoms with van der Waals surface area (Å²) >= 11 is 0. The Morgan fingerprint density at radius 1 is 1.35 bits per heavy atom. The van der Waals surface area contributed by atoms with Gasteiger partial charge in [0.25, 0.3) is 0 Å². The van der Waals surface area contributed by atoms with Crippen molar-refractivity contribution in [1.82, 2.24) is 9.80 Å². The number of hydrogen-bond acceptors (Lipinski definition) is 4. The molecule has 0 spiro atoms. The first-order chi connectivity index (χ1) is 7.92. The second kappa shape index (κ2) is 6.14. The van der Waals surface area contributed by atoms with Crippen molar-refractivity contribution in [2.45, 2.75) is 51.2 Å². The Hall–Kier alpha value is -0.160. The third kappa shape index (κ3) is 3.65.